The lowest BCUT2D eigenvalue weighted by molar-refractivity contribution is -0.172. The molecule has 0 aliphatic carbocycles. The normalized spacial score (nSPS) is 15.0. The fourth-order valence-electron chi connectivity index (χ4n) is 3.44. The molecule has 3 nitrogen and oxygen atoms in total. The van der Waals surface area contributed by atoms with Gasteiger partial charge in [0.1, 0.15) is 16.4 Å². The van der Waals surface area contributed by atoms with Crippen LogP contribution in [0.3, 0.4) is 0 Å². The molecule has 2 atom stereocenters. The number of methoxy groups -OCH3 is 1. The number of thioether (sulfide) groups is 1. The Kier molecular flexibility index (Phi) is 7.63. The summed E-state index contributed by atoms with van der Waals surface area (Å²) in [6.07, 6.45) is -4.82. The van der Waals surface area contributed by atoms with Crippen LogP contribution in [0.2, 0.25) is 0 Å². The van der Waals surface area contributed by atoms with Crippen molar-refractivity contribution in [2.24, 2.45) is 5.92 Å². The van der Waals surface area contributed by atoms with Gasteiger partial charge < -0.3 is 9.84 Å². The first-order valence-corrected chi connectivity index (χ1v) is 10.2. The maximum absolute atomic E-state index is 14.2. The zero-order chi connectivity index (χ0) is 21.7. The number of ether oxygens (including phenoxy) is 1. The molecule has 7 heteroatoms. The molecule has 0 saturated heterocycles. The van der Waals surface area contributed by atoms with Crippen LogP contribution in [-0.4, -0.2) is 29.1 Å². The van der Waals surface area contributed by atoms with Gasteiger partial charge in [-0.15, -0.1) is 11.8 Å². The molecule has 2 aromatic rings. The van der Waals surface area contributed by atoms with Crippen LogP contribution in [-0.2, 0) is 10.5 Å². The summed E-state index contributed by atoms with van der Waals surface area (Å²) in [5.74, 6) is -3.04. The SMILES string of the molecule is COc1ccc(CSC(CC(C)C)(C(=O)O)C(c2ccccc2)C(F)(F)F)cc1. The first-order chi connectivity index (χ1) is 13.6. The van der Waals surface area contributed by atoms with Gasteiger partial charge in [0.25, 0.3) is 0 Å². The third-order valence-corrected chi connectivity index (χ3v) is 6.23. The lowest BCUT2D eigenvalue weighted by atomic mass is 9.79. The second-order valence-corrected chi connectivity index (χ2v) is 8.62. The van der Waals surface area contributed by atoms with Crippen molar-refractivity contribution in [1.29, 1.82) is 0 Å². The summed E-state index contributed by atoms with van der Waals surface area (Å²) in [4.78, 5) is 12.4. The number of hydrogen-bond donors (Lipinski definition) is 1. The van der Waals surface area contributed by atoms with Gasteiger partial charge in [-0.05, 0) is 35.6 Å². The summed E-state index contributed by atoms with van der Waals surface area (Å²) in [6, 6.07) is 14.2. The van der Waals surface area contributed by atoms with Crippen molar-refractivity contribution in [1.82, 2.24) is 0 Å². The van der Waals surface area contributed by atoms with Gasteiger partial charge in [-0.25, -0.2) is 0 Å². The molecule has 158 valence electrons. The monoisotopic (exact) mass is 426 g/mol. The molecular weight excluding hydrogens is 401 g/mol. The van der Waals surface area contributed by atoms with Gasteiger partial charge in [-0.2, -0.15) is 13.2 Å². The molecule has 0 bridgehead atoms. The molecule has 0 fully saturated rings. The van der Waals surface area contributed by atoms with Crippen LogP contribution in [0.25, 0.3) is 0 Å². The molecule has 1 N–H and O–H groups in total. The van der Waals surface area contributed by atoms with Crippen molar-refractivity contribution in [3.05, 3.63) is 65.7 Å². The smallest absolute Gasteiger partial charge is 0.397 e. The molecule has 2 unspecified atom stereocenters. The zero-order valence-electron chi connectivity index (χ0n) is 16.6. The number of hydrogen-bond acceptors (Lipinski definition) is 3. The highest BCUT2D eigenvalue weighted by atomic mass is 32.2. The molecule has 29 heavy (non-hydrogen) atoms. The van der Waals surface area contributed by atoms with Gasteiger partial charge in [0.2, 0.25) is 0 Å². The average molecular weight is 426 g/mol. The summed E-state index contributed by atoms with van der Waals surface area (Å²) in [5, 5.41) is 10.1. The van der Waals surface area contributed by atoms with Crippen LogP contribution < -0.4 is 4.74 Å². The van der Waals surface area contributed by atoms with Crippen molar-refractivity contribution < 1.29 is 27.8 Å². The fraction of sp³-hybridized carbons (Fsp3) is 0.409. The van der Waals surface area contributed by atoms with E-state index in [-0.39, 0.29) is 23.7 Å². The molecular formula is C22H25F3O3S. The number of carbonyl (C=O) groups is 1. The first kappa shape index (κ1) is 23.1. The third kappa shape index (κ3) is 5.69. The van der Waals surface area contributed by atoms with Gasteiger partial charge in [-0.3, -0.25) is 4.79 Å². The highest BCUT2D eigenvalue weighted by Crippen LogP contribution is 2.53. The molecule has 0 aliphatic heterocycles. The Morgan fingerprint density at radius 1 is 1.07 bits per heavy atom. The number of carboxylic acids is 1. The van der Waals surface area contributed by atoms with Crippen molar-refractivity contribution in [2.45, 2.75) is 42.9 Å². The van der Waals surface area contributed by atoms with Gasteiger partial charge >= 0.3 is 12.1 Å². The summed E-state index contributed by atoms with van der Waals surface area (Å²) >= 11 is 0.841. The van der Waals surface area contributed by atoms with E-state index in [0.717, 1.165) is 17.3 Å². The summed E-state index contributed by atoms with van der Waals surface area (Å²) in [6.45, 7) is 3.48. The quantitative estimate of drug-likeness (QED) is 0.523. The fourth-order valence-corrected chi connectivity index (χ4v) is 5.07. The van der Waals surface area contributed by atoms with E-state index in [1.165, 1.54) is 31.4 Å². The van der Waals surface area contributed by atoms with Crippen LogP contribution in [0.5, 0.6) is 5.75 Å². The largest absolute Gasteiger partial charge is 0.497 e. The standard InChI is InChI=1S/C22H25F3O3S/c1-15(2)13-21(20(26)27,29-14-16-9-11-18(28-3)12-10-16)19(22(23,24)25)17-7-5-4-6-8-17/h4-12,15,19H,13-14H2,1-3H3,(H,26,27). The molecule has 0 aromatic heterocycles. The Morgan fingerprint density at radius 3 is 2.10 bits per heavy atom. The van der Waals surface area contributed by atoms with E-state index in [4.69, 9.17) is 4.74 Å². The topological polar surface area (TPSA) is 46.5 Å². The van der Waals surface area contributed by atoms with Crippen LogP contribution in [0, 0.1) is 5.92 Å². The van der Waals surface area contributed by atoms with Crippen molar-refractivity contribution in [2.75, 3.05) is 7.11 Å². The number of halogens is 3. The van der Waals surface area contributed by atoms with Crippen LogP contribution in [0.15, 0.2) is 54.6 Å². The molecule has 2 rings (SSSR count). The van der Waals surface area contributed by atoms with Crippen molar-refractivity contribution in [3.63, 3.8) is 0 Å². The summed E-state index contributed by atoms with van der Waals surface area (Å²) < 4.78 is 45.8. The van der Waals surface area contributed by atoms with E-state index in [9.17, 15) is 23.1 Å². The number of benzene rings is 2. The third-order valence-electron chi connectivity index (χ3n) is 4.66. The number of aliphatic carboxylic acids is 1. The number of carboxylic acid groups (broad SMARTS) is 1. The van der Waals surface area contributed by atoms with Crippen LogP contribution in [0.4, 0.5) is 13.2 Å². The van der Waals surface area contributed by atoms with Gasteiger partial charge in [0, 0.05) is 5.75 Å². The van der Waals surface area contributed by atoms with E-state index < -0.39 is 22.8 Å². The summed E-state index contributed by atoms with van der Waals surface area (Å²) in [7, 11) is 1.52. The Balaban J connectivity index is 2.50. The van der Waals surface area contributed by atoms with Crippen LogP contribution in [0.1, 0.15) is 37.3 Å². The van der Waals surface area contributed by atoms with Gasteiger partial charge in [-0.1, -0.05) is 56.3 Å². The molecule has 0 aliphatic rings. The van der Waals surface area contributed by atoms with E-state index >= 15 is 0 Å². The second kappa shape index (κ2) is 9.57. The van der Waals surface area contributed by atoms with Crippen LogP contribution >= 0.6 is 11.8 Å². The molecule has 0 heterocycles. The minimum atomic E-state index is -4.71. The van der Waals surface area contributed by atoms with Crippen molar-refractivity contribution >= 4 is 17.7 Å². The maximum Gasteiger partial charge on any atom is 0.397 e. The van der Waals surface area contributed by atoms with E-state index in [2.05, 4.69) is 0 Å². The highest BCUT2D eigenvalue weighted by molar-refractivity contribution is 8.00. The number of rotatable bonds is 9. The lowest BCUT2D eigenvalue weighted by Crippen LogP contribution is -2.48. The average Bonchev–Trinajstić information content (AvgIpc) is 2.65. The maximum atomic E-state index is 14.2. The van der Waals surface area contributed by atoms with Gasteiger partial charge in [0.15, 0.2) is 0 Å². The molecule has 0 amide bonds. The van der Waals surface area contributed by atoms with E-state index in [0.29, 0.717) is 5.75 Å². The van der Waals surface area contributed by atoms with Crippen molar-refractivity contribution in [3.8, 4) is 5.75 Å². The zero-order valence-corrected chi connectivity index (χ0v) is 17.4. The predicted octanol–water partition coefficient (Wildman–Crippen LogP) is 6.14. The van der Waals surface area contributed by atoms with E-state index in [1.807, 2.05) is 0 Å². The molecule has 0 spiro atoms. The Labute approximate surface area is 173 Å². The van der Waals surface area contributed by atoms with Gasteiger partial charge in [0.05, 0.1) is 7.11 Å². The second-order valence-electron chi connectivity index (χ2n) is 7.31. The Hall–Kier alpha value is -2.15. The highest BCUT2D eigenvalue weighted by Gasteiger charge is 2.59. The minimum Gasteiger partial charge on any atom is -0.497 e. The number of alkyl halides is 3. The Bertz CT molecular complexity index is 791. The summed E-state index contributed by atoms with van der Waals surface area (Å²) in [5.41, 5.74) is 0.699. The molecule has 2 aromatic carbocycles. The molecule has 0 radical (unpaired) electrons. The predicted molar refractivity (Wildman–Crippen MR) is 109 cm³/mol. The lowest BCUT2D eigenvalue weighted by Gasteiger charge is -2.39. The molecule has 0 saturated carbocycles. The first-order valence-electron chi connectivity index (χ1n) is 9.22. The van der Waals surface area contributed by atoms with E-state index in [1.54, 1.807) is 44.2 Å². The minimum absolute atomic E-state index is 0.0368. The Morgan fingerprint density at radius 2 is 1.66 bits per heavy atom.